The van der Waals surface area contributed by atoms with Crippen LogP contribution < -0.4 is 4.74 Å². The van der Waals surface area contributed by atoms with E-state index in [2.05, 4.69) is 23.0 Å². The third kappa shape index (κ3) is 3.98. The number of nitrogens with zero attached hydrogens (tertiary/aromatic N) is 2. The predicted molar refractivity (Wildman–Crippen MR) is 134 cm³/mol. The van der Waals surface area contributed by atoms with Gasteiger partial charge in [-0.3, -0.25) is 9.97 Å². The van der Waals surface area contributed by atoms with Crippen molar-refractivity contribution in [3.8, 4) is 5.75 Å². The molecule has 6 heteroatoms. The van der Waals surface area contributed by atoms with Gasteiger partial charge >= 0.3 is 11.9 Å². The van der Waals surface area contributed by atoms with Crippen LogP contribution in [0.25, 0.3) is 0 Å². The molecule has 2 heterocycles. The van der Waals surface area contributed by atoms with Crippen LogP contribution in [0.3, 0.4) is 0 Å². The van der Waals surface area contributed by atoms with E-state index in [-0.39, 0.29) is 23.5 Å². The van der Waals surface area contributed by atoms with Crippen LogP contribution in [0, 0.1) is 17.3 Å². The smallest absolute Gasteiger partial charge is 0.345 e. The van der Waals surface area contributed by atoms with Gasteiger partial charge in [-0.05, 0) is 104 Å². The number of fused-ring (bicyclic) bond motifs is 5. The first-order chi connectivity index (χ1) is 17.5. The lowest BCUT2D eigenvalue weighted by molar-refractivity contribution is -0.0428. The van der Waals surface area contributed by atoms with E-state index >= 15 is 0 Å². The number of hydrogen-bond acceptors (Lipinski definition) is 6. The first-order valence-electron chi connectivity index (χ1n) is 12.9. The van der Waals surface area contributed by atoms with Gasteiger partial charge in [-0.25, -0.2) is 9.59 Å². The molecule has 6 nitrogen and oxygen atoms in total. The van der Waals surface area contributed by atoms with E-state index in [0.29, 0.717) is 34.6 Å². The highest BCUT2D eigenvalue weighted by Crippen LogP contribution is 2.61. The molecule has 1 aromatic carbocycles. The molecule has 0 bridgehead atoms. The average Bonchev–Trinajstić information content (AvgIpc) is 3.25. The molecule has 3 aliphatic rings. The zero-order valence-electron chi connectivity index (χ0n) is 20.4. The van der Waals surface area contributed by atoms with E-state index in [9.17, 15) is 9.59 Å². The first-order valence-corrected chi connectivity index (χ1v) is 12.9. The van der Waals surface area contributed by atoms with Gasteiger partial charge < -0.3 is 9.47 Å². The highest BCUT2D eigenvalue weighted by atomic mass is 16.5. The molecule has 2 saturated carbocycles. The molecular formula is C30H30N2O4. The molecule has 36 heavy (non-hydrogen) atoms. The number of benzene rings is 1. The number of aromatic nitrogens is 2. The Hall–Kier alpha value is -3.54. The molecule has 2 fully saturated rings. The minimum Gasteiger partial charge on any atom is -0.458 e. The minimum atomic E-state index is -0.386. The topological polar surface area (TPSA) is 78.4 Å². The summed E-state index contributed by atoms with van der Waals surface area (Å²) >= 11 is 0. The van der Waals surface area contributed by atoms with Crippen LogP contribution >= 0.6 is 0 Å². The Labute approximate surface area is 211 Å². The standard InChI is InChI=1S/C30H30N2O4/c1-30-13-12-24-23-9-7-22(35-28(33)20-4-2-14-31-17-20)16-19(23)6-8-25(24)26(30)10-11-27(30)36-29(34)21-5-3-15-32-18-21/h2-5,7,9,14-18,24-27H,6,8,10-13H2,1H3. The second kappa shape index (κ2) is 9.16. The fraction of sp³-hybridized carbons (Fsp3) is 0.400. The number of carbonyl (C=O) groups excluding carboxylic acids is 2. The fourth-order valence-electron chi connectivity index (χ4n) is 7.10. The van der Waals surface area contributed by atoms with Crippen LogP contribution in [0.2, 0.25) is 0 Å². The van der Waals surface area contributed by atoms with Crippen LogP contribution in [0.1, 0.15) is 76.8 Å². The Kier molecular flexibility index (Phi) is 5.82. The maximum Gasteiger partial charge on any atom is 0.345 e. The summed E-state index contributed by atoms with van der Waals surface area (Å²) in [6.07, 6.45) is 12.6. The summed E-state index contributed by atoms with van der Waals surface area (Å²) in [5.41, 5.74) is 3.65. The van der Waals surface area contributed by atoms with E-state index in [1.54, 1.807) is 42.9 Å². The summed E-state index contributed by atoms with van der Waals surface area (Å²) in [5, 5.41) is 0. The quantitative estimate of drug-likeness (QED) is 0.347. The van der Waals surface area contributed by atoms with E-state index in [1.165, 1.54) is 17.3 Å². The first kappa shape index (κ1) is 22.9. The Morgan fingerprint density at radius 3 is 2.39 bits per heavy atom. The number of esters is 2. The molecule has 3 aromatic rings. The maximum absolute atomic E-state index is 12.8. The monoisotopic (exact) mass is 482 g/mol. The number of carbonyl (C=O) groups is 2. The Morgan fingerprint density at radius 1 is 0.917 bits per heavy atom. The molecule has 0 saturated heterocycles. The van der Waals surface area contributed by atoms with Crippen molar-refractivity contribution in [2.45, 2.75) is 57.5 Å². The third-order valence-electron chi connectivity index (χ3n) is 8.87. The van der Waals surface area contributed by atoms with E-state index in [4.69, 9.17) is 9.47 Å². The second-order valence-corrected chi connectivity index (χ2v) is 10.7. The van der Waals surface area contributed by atoms with Crippen molar-refractivity contribution in [1.29, 1.82) is 0 Å². The van der Waals surface area contributed by atoms with Crippen molar-refractivity contribution in [1.82, 2.24) is 9.97 Å². The lowest BCUT2D eigenvalue weighted by Gasteiger charge is -2.50. The summed E-state index contributed by atoms with van der Waals surface area (Å²) < 4.78 is 11.7. The fourth-order valence-corrected chi connectivity index (χ4v) is 7.10. The van der Waals surface area contributed by atoms with Crippen molar-refractivity contribution >= 4 is 11.9 Å². The highest BCUT2D eigenvalue weighted by molar-refractivity contribution is 5.90. The third-order valence-corrected chi connectivity index (χ3v) is 8.87. The average molecular weight is 483 g/mol. The van der Waals surface area contributed by atoms with Crippen LogP contribution in [0.15, 0.2) is 67.3 Å². The molecule has 0 spiro atoms. The number of pyridine rings is 2. The van der Waals surface area contributed by atoms with Crippen molar-refractivity contribution in [3.63, 3.8) is 0 Å². The lowest BCUT2D eigenvalue weighted by Crippen LogP contribution is -2.45. The van der Waals surface area contributed by atoms with Gasteiger partial charge in [0, 0.05) is 30.2 Å². The van der Waals surface area contributed by atoms with Gasteiger partial charge in [0.15, 0.2) is 0 Å². The van der Waals surface area contributed by atoms with Gasteiger partial charge in [-0.1, -0.05) is 13.0 Å². The van der Waals surface area contributed by atoms with Crippen LogP contribution in [0.4, 0.5) is 0 Å². The van der Waals surface area contributed by atoms with Gasteiger partial charge in [0.05, 0.1) is 11.1 Å². The zero-order valence-corrected chi connectivity index (χ0v) is 20.4. The van der Waals surface area contributed by atoms with Gasteiger partial charge in [-0.15, -0.1) is 0 Å². The Balaban J connectivity index is 1.17. The number of aryl methyl sites for hydroxylation is 1. The van der Waals surface area contributed by atoms with Gasteiger partial charge in [0.2, 0.25) is 0 Å². The predicted octanol–water partition coefficient (Wildman–Crippen LogP) is 5.78. The molecule has 3 aliphatic carbocycles. The van der Waals surface area contributed by atoms with Crippen molar-refractivity contribution < 1.29 is 19.1 Å². The molecule has 184 valence electrons. The van der Waals surface area contributed by atoms with Gasteiger partial charge in [0.25, 0.3) is 0 Å². The molecular weight excluding hydrogens is 452 g/mol. The summed E-state index contributed by atoms with van der Waals surface area (Å²) in [4.78, 5) is 33.3. The molecule has 0 amide bonds. The summed E-state index contributed by atoms with van der Waals surface area (Å²) in [5.74, 6) is 1.57. The molecule has 0 aliphatic heterocycles. The SMILES string of the molecule is CC12CCC3c4ccc(OC(=O)c5cccnc5)cc4CCC3C1CCC2OC(=O)c1cccnc1. The summed E-state index contributed by atoms with van der Waals surface area (Å²) in [7, 11) is 0. The Bertz CT molecular complexity index is 1280. The molecule has 5 unspecified atom stereocenters. The van der Waals surface area contributed by atoms with Crippen LogP contribution in [0.5, 0.6) is 5.75 Å². The second-order valence-electron chi connectivity index (χ2n) is 10.7. The van der Waals surface area contributed by atoms with Gasteiger partial charge in [-0.2, -0.15) is 0 Å². The largest absolute Gasteiger partial charge is 0.458 e. The Morgan fingerprint density at radius 2 is 1.67 bits per heavy atom. The maximum atomic E-state index is 12.8. The summed E-state index contributed by atoms with van der Waals surface area (Å²) in [6.45, 7) is 2.33. The van der Waals surface area contributed by atoms with Gasteiger partial charge in [0.1, 0.15) is 11.9 Å². The highest BCUT2D eigenvalue weighted by Gasteiger charge is 2.56. The molecule has 6 rings (SSSR count). The van der Waals surface area contributed by atoms with E-state index < -0.39 is 0 Å². The van der Waals surface area contributed by atoms with Crippen molar-refractivity contribution in [2.75, 3.05) is 0 Å². The number of hydrogen-bond donors (Lipinski definition) is 0. The van der Waals surface area contributed by atoms with Crippen molar-refractivity contribution in [3.05, 3.63) is 89.5 Å². The normalized spacial score (nSPS) is 28.4. The lowest BCUT2D eigenvalue weighted by atomic mass is 9.55. The van der Waals surface area contributed by atoms with Crippen molar-refractivity contribution in [2.24, 2.45) is 17.3 Å². The molecule has 5 atom stereocenters. The number of rotatable bonds is 4. The van der Waals surface area contributed by atoms with Crippen LogP contribution in [-0.4, -0.2) is 28.0 Å². The minimum absolute atomic E-state index is 0.00965. The van der Waals surface area contributed by atoms with E-state index in [1.807, 2.05) is 12.1 Å². The summed E-state index contributed by atoms with van der Waals surface area (Å²) in [6, 6.07) is 13.1. The molecule has 0 radical (unpaired) electrons. The zero-order chi connectivity index (χ0) is 24.7. The number of ether oxygens (including phenoxy) is 2. The van der Waals surface area contributed by atoms with Crippen LogP contribution in [-0.2, 0) is 11.2 Å². The molecule has 2 aromatic heterocycles. The van der Waals surface area contributed by atoms with E-state index in [0.717, 1.165) is 38.5 Å². The molecule has 0 N–H and O–H groups in total.